The fourth-order valence-electron chi connectivity index (χ4n) is 8.41. The van der Waals surface area contributed by atoms with Crippen LogP contribution in [0.25, 0.3) is 0 Å². The van der Waals surface area contributed by atoms with Gasteiger partial charge < -0.3 is 9.84 Å². The number of esters is 1. The molecule has 1 aromatic carbocycles. The molecule has 1 saturated heterocycles. The van der Waals surface area contributed by atoms with Gasteiger partial charge in [-0.15, -0.1) is 0 Å². The van der Waals surface area contributed by atoms with Gasteiger partial charge in [-0.1, -0.05) is 6.92 Å². The summed E-state index contributed by atoms with van der Waals surface area (Å²) in [5.74, 6) is 0.546. The Morgan fingerprint density at radius 2 is 1.79 bits per heavy atom. The molecular weight excluding hydrogens is 767 g/mol. The van der Waals surface area contributed by atoms with Gasteiger partial charge in [-0.25, -0.2) is 4.99 Å². The van der Waals surface area contributed by atoms with E-state index >= 15 is 0 Å². The third-order valence-electron chi connectivity index (χ3n) is 11.7. The molecule has 0 aromatic heterocycles. The summed E-state index contributed by atoms with van der Waals surface area (Å²) in [6.07, 6.45) is 8.23. The van der Waals surface area contributed by atoms with Crippen LogP contribution < -0.4 is 8.90 Å². The topological polar surface area (TPSA) is 105 Å². The number of fused-ring (bicyclic) bond motifs is 5. The van der Waals surface area contributed by atoms with E-state index in [9.17, 15) is 9.90 Å². The summed E-state index contributed by atoms with van der Waals surface area (Å²) < 4.78 is 13.2. The maximum atomic E-state index is 12.4. The minimum Gasteiger partial charge on any atom is -0.469 e. The van der Waals surface area contributed by atoms with Crippen molar-refractivity contribution >= 4 is 45.1 Å². The molecule has 1 fully saturated rings. The number of carbonyl (C=O) groups is 1. The number of hydrogen-bond donors (Lipinski definition) is 2. The number of allylic oxidation sites excluding steroid dienone is 11. The number of carbonyl (C=O) groups excluding carboxylic acids is 1. The van der Waals surface area contributed by atoms with Crippen LogP contribution in [0.2, 0.25) is 14.8 Å². The van der Waals surface area contributed by atoms with Crippen LogP contribution in [0.3, 0.4) is 0 Å². The molecule has 2 N–H and O–H groups in total. The fourth-order valence-corrected chi connectivity index (χ4v) is 11.9. The molecule has 1 aliphatic carbocycles. The zero-order valence-corrected chi connectivity index (χ0v) is 35.7. The van der Waals surface area contributed by atoms with E-state index in [2.05, 4.69) is 97.2 Å². The standard InChI is InChI=1S/C41H43N4O4.3CH3.Sn/c1-8-27-21(2)30-19-35-38(25(6)49-20-26-12-10-9-11-13-26)23(4)32(43-35)17-31-22(3)28(14-15-37(47)48-7)40(44-31)29-16-36(46)39-24(5)33(45-41(29)39)18-34(27)42-30;;;;/h9-10,12-13,17-19,21,25,27,42,46H,8,14-16,20H2,1-7H3;3*1H3;/t21-,25?,27-;;;;/m1..../s1. The van der Waals surface area contributed by atoms with Gasteiger partial charge in [-0.05, 0) is 43.9 Å². The Hall–Kier alpha value is -4.02. The normalized spacial score (nSPS) is 23.0. The molecule has 276 valence electrons. The third kappa shape index (κ3) is 6.82. The molecule has 8 nitrogen and oxygen atoms in total. The van der Waals surface area contributed by atoms with Crippen molar-refractivity contribution in [2.45, 2.75) is 94.8 Å². The predicted octanol–water partition coefficient (Wildman–Crippen LogP) is 8.76. The monoisotopic (exact) mass is 820 g/mol. The van der Waals surface area contributed by atoms with Gasteiger partial charge in [-0.2, -0.15) is 0 Å². The number of ether oxygens (including phenoxy) is 2. The second-order valence-electron chi connectivity index (χ2n) is 16.1. The van der Waals surface area contributed by atoms with E-state index in [4.69, 9.17) is 24.5 Å². The van der Waals surface area contributed by atoms with E-state index in [-0.39, 0.29) is 30.3 Å². The molecule has 53 heavy (non-hydrogen) atoms. The first-order valence-electron chi connectivity index (χ1n) is 18.9. The number of nitrogens with one attached hydrogen (secondary N) is 1. The van der Waals surface area contributed by atoms with Gasteiger partial charge in [0.15, 0.2) is 0 Å². The minimum atomic E-state index is -2.24. The number of aliphatic hydroxyl groups is 1. The summed E-state index contributed by atoms with van der Waals surface area (Å²) in [5.41, 5.74) is 15.1. The number of aliphatic imine (C=N–C) groups is 3. The maximum absolute atomic E-state index is 12.4. The first kappa shape index (κ1) is 37.3. The zero-order valence-electron chi connectivity index (χ0n) is 32.8. The van der Waals surface area contributed by atoms with Crippen LogP contribution in [0, 0.1) is 11.8 Å². The van der Waals surface area contributed by atoms with Gasteiger partial charge in [0.1, 0.15) is 5.76 Å². The summed E-state index contributed by atoms with van der Waals surface area (Å²) in [5, 5.41) is 15.1. The van der Waals surface area contributed by atoms with Gasteiger partial charge in [0.25, 0.3) is 0 Å². The van der Waals surface area contributed by atoms with Gasteiger partial charge in [0.2, 0.25) is 0 Å². The number of aliphatic hydroxyl groups excluding tert-OH is 1. The summed E-state index contributed by atoms with van der Waals surface area (Å²) >= 11 is -2.24. The minimum absolute atomic E-state index is 0.214. The molecule has 5 heterocycles. The third-order valence-corrected chi connectivity index (χ3v) is 17.5. The molecule has 3 atom stereocenters. The van der Waals surface area contributed by atoms with E-state index in [1.165, 1.54) is 16.3 Å². The van der Waals surface area contributed by atoms with Crippen molar-refractivity contribution in [3.63, 3.8) is 0 Å². The average Bonchev–Trinajstić information content (AvgIpc) is 3.88. The van der Waals surface area contributed by atoms with Crippen molar-refractivity contribution in [3.8, 4) is 0 Å². The Morgan fingerprint density at radius 1 is 1.02 bits per heavy atom. The van der Waals surface area contributed by atoms with Crippen molar-refractivity contribution in [1.29, 1.82) is 0 Å². The Morgan fingerprint density at radius 3 is 2.51 bits per heavy atom. The summed E-state index contributed by atoms with van der Waals surface area (Å²) in [6.45, 7) is 13.4. The van der Waals surface area contributed by atoms with Crippen molar-refractivity contribution in [2.24, 2.45) is 26.8 Å². The molecule has 8 bridgehead atoms. The number of hydrogen-bond acceptors (Lipinski definition) is 8. The van der Waals surface area contributed by atoms with Gasteiger partial charge >= 0.3 is 195 Å². The Kier molecular flexibility index (Phi) is 10.1. The van der Waals surface area contributed by atoms with E-state index in [0.29, 0.717) is 25.2 Å². The molecule has 0 spiro atoms. The van der Waals surface area contributed by atoms with E-state index in [1.807, 2.05) is 6.92 Å². The quantitative estimate of drug-likeness (QED) is 0.192. The molecule has 0 saturated carbocycles. The first-order chi connectivity index (χ1) is 25.2. The van der Waals surface area contributed by atoms with Crippen LogP contribution in [0.4, 0.5) is 0 Å². The van der Waals surface area contributed by atoms with Crippen molar-refractivity contribution in [2.75, 3.05) is 7.11 Å². The van der Waals surface area contributed by atoms with Crippen molar-refractivity contribution in [1.82, 2.24) is 5.32 Å². The SMILES string of the molecule is CC[C@H]1C2=CC3=C(C)C4=C(O)CC(=C5N=C(C=C6N=C(C=C(N2)[C@@H]1C)C(C(C)OCc1ccc[c]([Sn]([CH3])([CH3])[CH3])c1)=C6C)C(C)=C5CCC(=O)OC)C4=N3. The van der Waals surface area contributed by atoms with Gasteiger partial charge in [0, 0.05) is 24.0 Å². The molecule has 1 unspecified atom stereocenters. The summed E-state index contributed by atoms with van der Waals surface area (Å²) in [4.78, 5) is 35.4. The van der Waals surface area contributed by atoms with Crippen LogP contribution in [0.1, 0.15) is 72.8 Å². The van der Waals surface area contributed by atoms with E-state index in [0.717, 1.165) is 91.1 Å². The van der Waals surface area contributed by atoms with Crippen molar-refractivity contribution in [3.05, 3.63) is 121 Å². The fraction of sp³-hybridized carbons (Fsp3) is 0.409. The van der Waals surface area contributed by atoms with Crippen molar-refractivity contribution < 1.29 is 19.4 Å². The van der Waals surface area contributed by atoms with Crippen LogP contribution in [0.15, 0.2) is 131 Å². The molecule has 7 rings (SSSR count). The van der Waals surface area contributed by atoms with E-state index < -0.39 is 18.4 Å². The molecular formula is C44H52N4O4Sn. The number of methoxy groups -OCH3 is 1. The summed E-state index contributed by atoms with van der Waals surface area (Å²) in [6, 6.07) is 8.94. The van der Waals surface area contributed by atoms with Crippen LogP contribution in [-0.4, -0.2) is 59.8 Å². The Bertz CT molecular complexity index is 2180. The molecule has 1 aromatic rings. The Balaban J connectivity index is 1.36. The first-order valence-corrected chi connectivity index (χ1v) is 28.9. The number of nitrogens with zero attached hydrogens (tertiary/aromatic N) is 3. The van der Waals surface area contributed by atoms with Gasteiger partial charge in [-0.3, -0.25) is 4.79 Å². The average molecular weight is 820 g/mol. The molecule has 6 aliphatic rings. The predicted molar refractivity (Wildman–Crippen MR) is 217 cm³/mol. The van der Waals surface area contributed by atoms with Crippen LogP contribution >= 0.6 is 0 Å². The Labute approximate surface area is 318 Å². The summed E-state index contributed by atoms with van der Waals surface area (Å²) in [7, 11) is 1.42. The van der Waals surface area contributed by atoms with Crippen LogP contribution in [0.5, 0.6) is 0 Å². The second kappa shape index (κ2) is 14.3. The molecule has 9 heteroatoms. The zero-order chi connectivity index (χ0) is 37.9. The number of benzene rings is 1. The smallest absolute Gasteiger partial charge is 0.469 e. The molecule has 0 radical (unpaired) electrons. The molecule has 0 amide bonds. The van der Waals surface area contributed by atoms with E-state index in [1.54, 1.807) is 0 Å². The van der Waals surface area contributed by atoms with Gasteiger partial charge in [0.05, 0.1) is 24.2 Å². The molecule has 5 aliphatic heterocycles. The second-order valence-corrected chi connectivity index (χ2v) is 30.6. The van der Waals surface area contributed by atoms with Crippen LogP contribution in [-0.2, 0) is 20.9 Å². The number of rotatable bonds is 9.